The van der Waals surface area contributed by atoms with E-state index in [2.05, 4.69) is 5.32 Å². The number of hydrogen-bond acceptors (Lipinski definition) is 3. The van der Waals surface area contributed by atoms with Crippen molar-refractivity contribution in [2.24, 2.45) is 5.73 Å². The number of primary amides is 1. The molecular weight excluding hydrogens is 306 g/mol. The van der Waals surface area contributed by atoms with Crippen LogP contribution in [-0.2, 0) is 17.9 Å². The number of nitrogens with two attached hydrogens (primary N) is 1. The highest BCUT2D eigenvalue weighted by Gasteiger charge is 2.26. The van der Waals surface area contributed by atoms with Crippen LogP contribution in [0.1, 0.15) is 51.5 Å². The van der Waals surface area contributed by atoms with Crippen LogP contribution in [0.5, 0.6) is 0 Å². The number of fused-ring (bicyclic) bond motifs is 1. The van der Waals surface area contributed by atoms with Gasteiger partial charge in [-0.2, -0.15) is 0 Å². The molecular formula is C18H21N3O3. The van der Waals surface area contributed by atoms with Crippen molar-refractivity contribution in [3.63, 3.8) is 0 Å². The Bertz CT molecular complexity index is 752. The number of benzene rings is 1. The lowest BCUT2D eigenvalue weighted by molar-refractivity contribution is 0.0784. The Labute approximate surface area is 140 Å². The van der Waals surface area contributed by atoms with E-state index in [1.165, 1.54) is 0 Å². The topological polar surface area (TPSA) is 86.4 Å². The highest BCUT2D eigenvalue weighted by molar-refractivity contribution is 6.00. The summed E-state index contributed by atoms with van der Waals surface area (Å²) < 4.78 is 7.22. The van der Waals surface area contributed by atoms with E-state index < -0.39 is 5.91 Å². The second kappa shape index (κ2) is 6.88. The molecule has 0 unspecified atom stereocenters. The van der Waals surface area contributed by atoms with Crippen molar-refractivity contribution in [3.05, 3.63) is 58.9 Å². The molecule has 0 fully saturated rings. The summed E-state index contributed by atoms with van der Waals surface area (Å²) in [7, 11) is 0. The molecule has 1 aliphatic rings. The summed E-state index contributed by atoms with van der Waals surface area (Å²) >= 11 is 0. The molecule has 3 rings (SSSR count). The van der Waals surface area contributed by atoms with Gasteiger partial charge in [0.15, 0.2) is 0 Å². The molecule has 2 heterocycles. The molecule has 6 heteroatoms. The van der Waals surface area contributed by atoms with E-state index in [4.69, 9.17) is 10.5 Å². The summed E-state index contributed by atoms with van der Waals surface area (Å²) in [5, 5.41) is 3.04. The van der Waals surface area contributed by atoms with Crippen LogP contribution in [0.2, 0.25) is 0 Å². The van der Waals surface area contributed by atoms with Gasteiger partial charge in [0.05, 0.1) is 30.5 Å². The summed E-state index contributed by atoms with van der Waals surface area (Å²) in [5.41, 5.74) is 8.00. The molecule has 6 nitrogen and oxygen atoms in total. The maximum Gasteiger partial charge on any atom is 0.265 e. The molecule has 24 heavy (non-hydrogen) atoms. The summed E-state index contributed by atoms with van der Waals surface area (Å²) in [6, 6.07) is 11.3. The monoisotopic (exact) mass is 327 g/mol. The van der Waals surface area contributed by atoms with Gasteiger partial charge in [0.1, 0.15) is 5.69 Å². The molecule has 0 saturated carbocycles. The van der Waals surface area contributed by atoms with Gasteiger partial charge in [-0.1, -0.05) is 37.3 Å². The Kier molecular flexibility index (Phi) is 4.66. The standard InChI is InChI=1S/C18H21N3O3/c1-2-14(12-6-4-3-5-7-12)20-18(23)13-10-15(17(19)22)21-8-9-24-11-16(13)21/h3-7,10,14H,2,8-9,11H2,1H3,(H2,19,22)(H,20,23)/t14-/m1/s1. The number of hydrogen-bond donors (Lipinski definition) is 2. The third kappa shape index (κ3) is 3.05. The van der Waals surface area contributed by atoms with Crippen molar-refractivity contribution < 1.29 is 14.3 Å². The van der Waals surface area contributed by atoms with Crippen molar-refractivity contribution in [2.75, 3.05) is 6.61 Å². The maximum absolute atomic E-state index is 12.8. The largest absolute Gasteiger partial charge is 0.373 e. The van der Waals surface area contributed by atoms with Gasteiger partial charge in [0, 0.05) is 6.54 Å². The molecule has 0 bridgehead atoms. The predicted octanol–water partition coefficient (Wildman–Crippen LogP) is 2.00. The second-order valence-corrected chi connectivity index (χ2v) is 5.80. The highest BCUT2D eigenvalue weighted by atomic mass is 16.5. The van der Waals surface area contributed by atoms with Gasteiger partial charge in [-0.3, -0.25) is 9.59 Å². The van der Waals surface area contributed by atoms with Gasteiger partial charge in [-0.15, -0.1) is 0 Å². The quantitative estimate of drug-likeness (QED) is 0.880. The summed E-state index contributed by atoms with van der Waals surface area (Å²) in [6.45, 7) is 3.35. The number of carbonyl (C=O) groups excluding carboxylic acids is 2. The lowest BCUT2D eigenvalue weighted by Crippen LogP contribution is -2.29. The second-order valence-electron chi connectivity index (χ2n) is 5.80. The minimum atomic E-state index is -0.535. The molecule has 1 aromatic heterocycles. The third-order valence-electron chi connectivity index (χ3n) is 4.32. The molecule has 126 valence electrons. The van der Waals surface area contributed by atoms with Crippen LogP contribution in [0.15, 0.2) is 36.4 Å². The Balaban J connectivity index is 1.88. The summed E-state index contributed by atoms with van der Waals surface area (Å²) in [4.78, 5) is 24.4. The van der Waals surface area contributed by atoms with Crippen molar-refractivity contribution in [1.82, 2.24) is 9.88 Å². The zero-order valence-electron chi connectivity index (χ0n) is 13.6. The molecule has 0 aliphatic carbocycles. The first-order valence-corrected chi connectivity index (χ1v) is 8.07. The lowest BCUT2D eigenvalue weighted by Gasteiger charge is -2.20. The third-order valence-corrected chi connectivity index (χ3v) is 4.32. The first-order chi connectivity index (χ1) is 11.6. The van der Waals surface area contributed by atoms with Crippen molar-refractivity contribution in [1.29, 1.82) is 0 Å². The van der Waals surface area contributed by atoms with Crippen LogP contribution in [-0.4, -0.2) is 23.0 Å². The smallest absolute Gasteiger partial charge is 0.265 e. The van der Waals surface area contributed by atoms with E-state index in [1.807, 2.05) is 37.3 Å². The number of amides is 2. The summed E-state index contributed by atoms with van der Waals surface area (Å²) in [6.07, 6.45) is 0.769. The first-order valence-electron chi connectivity index (χ1n) is 8.07. The number of ether oxygens (including phenoxy) is 1. The Morgan fingerprint density at radius 2 is 2.08 bits per heavy atom. The predicted molar refractivity (Wildman–Crippen MR) is 89.5 cm³/mol. The molecule has 0 saturated heterocycles. The van der Waals surface area contributed by atoms with Crippen LogP contribution >= 0.6 is 0 Å². The van der Waals surface area contributed by atoms with E-state index in [-0.39, 0.29) is 11.9 Å². The van der Waals surface area contributed by atoms with E-state index >= 15 is 0 Å². The first kappa shape index (κ1) is 16.3. The van der Waals surface area contributed by atoms with E-state index in [0.717, 1.165) is 12.0 Å². The SMILES string of the molecule is CC[C@@H](NC(=O)c1cc(C(N)=O)n2c1COCC2)c1ccccc1. The Morgan fingerprint density at radius 1 is 1.33 bits per heavy atom. The molecule has 0 radical (unpaired) electrons. The zero-order chi connectivity index (χ0) is 17.1. The van der Waals surface area contributed by atoms with Gasteiger partial charge in [-0.05, 0) is 18.1 Å². The van der Waals surface area contributed by atoms with Gasteiger partial charge in [0.25, 0.3) is 11.8 Å². The van der Waals surface area contributed by atoms with Gasteiger partial charge in [-0.25, -0.2) is 0 Å². The zero-order valence-corrected chi connectivity index (χ0v) is 13.6. The van der Waals surface area contributed by atoms with Crippen molar-refractivity contribution in [2.45, 2.75) is 32.5 Å². The van der Waals surface area contributed by atoms with Crippen LogP contribution in [0, 0.1) is 0 Å². The number of nitrogens with zero attached hydrogens (tertiary/aromatic N) is 1. The molecule has 0 spiro atoms. The number of rotatable bonds is 5. The lowest BCUT2D eigenvalue weighted by atomic mass is 10.0. The number of nitrogens with one attached hydrogen (secondary N) is 1. The van der Waals surface area contributed by atoms with Gasteiger partial charge in [0.2, 0.25) is 0 Å². The molecule has 2 amide bonds. The fraction of sp³-hybridized carbons (Fsp3) is 0.333. The molecule has 1 atom stereocenters. The van der Waals surface area contributed by atoms with Gasteiger partial charge >= 0.3 is 0 Å². The van der Waals surface area contributed by atoms with E-state index in [0.29, 0.717) is 36.7 Å². The average molecular weight is 327 g/mol. The van der Waals surface area contributed by atoms with Crippen LogP contribution in [0.25, 0.3) is 0 Å². The van der Waals surface area contributed by atoms with Crippen molar-refractivity contribution in [3.8, 4) is 0 Å². The van der Waals surface area contributed by atoms with Crippen molar-refractivity contribution >= 4 is 11.8 Å². The van der Waals surface area contributed by atoms with Crippen LogP contribution in [0.4, 0.5) is 0 Å². The summed E-state index contributed by atoms with van der Waals surface area (Å²) in [5.74, 6) is -0.750. The fourth-order valence-electron chi connectivity index (χ4n) is 3.07. The van der Waals surface area contributed by atoms with Gasteiger partial charge < -0.3 is 20.4 Å². The fourth-order valence-corrected chi connectivity index (χ4v) is 3.07. The van der Waals surface area contributed by atoms with Crippen LogP contribution in [0.3, 0.4) is 0 Å². The number of aromatic nitrogens is 1. The Hall–Kier alpha value is -2.60. The highest BCUT2D eigenvalue weighted by Crippen LogP contribution is 2.23. The number of carbonyl (C=O) groups is 2. The average Bonchev–Trinajstić information content (AvgIpc) is 3.00. The minimum absolute atomic E-state index is 0.0872. The minimum Gasteiger partial charge on any atom is -0.373 e. The van der Waals surface area contributed by atoms with Crippen LogP contribution < -0.4 is 11.1 Å². The Morgan fingerprint density at radius 3 is 2.75 bits per heavy atom. The van der Waals surface area contributed by atoms with E-state index in [1.54, 1.807) is 10.6 Å². The molecule has 3 N–H and O–H groups in total. The normalized spacial score (nSPS) is 14.7. The molecule has 1 aliphatic heterocycles. The molecule has 2 aromatic rings. The molecule has 1 aromatic carbocycles. The maximum atomic E-state index is 12.8. The van der Waals surface area contributed by atoms with E-state index in [9.17, 15) is 9.59 Å².